The van der Waals surface area contributed by atoms with Gasteiger partial charge in [-0.3, -0.25) is 9.69 Å². The van der Waals surface area contributed by atoms with Crippen LogP contribution >= 0.6 is 0 Å². The van der Waals surface area contributed by atoms with Crippen molar-refractivity contribution in [1.82, 2.24) is 19.7 Å². The lowest BCUT2D eigenvalue weighted by molar-refractivity contribution is -0.119. The third kappa shape index (κ3) is 3.65. The SMILES string of the molecule is Cc1nn(CC(=O)N(CC(C)C)c2ccc(F)cn2)c2ncccc12. The van der Waals surface area contributed by atoms with Gasteiger partial charge in [-0.2, -0.15) is 5.10 Å². The van der Waals surface area contributed by atoms with Gasteiger partial charge in [0, 0.05) is 18.1 Å². The van der Waals surface area contributed by atoms with Gasteiger partial charge in [-0.25, -0.2) is 19.0 Å². The number of anilines is 1. The minimum Gasteiger partial charge on any atom is -0.295 e. The maximum atomic E-state index is 13.1. The van der Waals surface area contributed by atoms with Crippen LogP contribution in [0.2, 0.25) is 0 Å². The van der Waals surface area contributed by atoms with Gasteiger partial charge in [0.15, 0.2) is 5.65 Å². The fraction of sp³-hybridized carbons (Fsp3) is 0.333. The van der Waals surface area contributed by atoms with E-state index in [1.54, 1.807) is 15.8 Å². The molecule has 0 spiro atoms. The molecule has 0 saturated heterocycles. The van der Waals surface area contributed by atoms with E-state index in [0.29, 0.717) is 18.0 Å². The fourth-order valence-electron chi connectivity index (χ4n) is 2.71. The standard InChI is InChI=1S/C18H20FN5O/c1-12(2)10-23(16-7-6-14(19)9-21-16)17(25)11-24-18-15(13(3)22-24)5-4-8-20-18/h4-9,12H,10-11H2,1-3H3. The molecular weight excluding hydrogens is 321 g/mol. The number of hydrogen-bond donors (Lipinski definition) is 0. The number of hydrogen-bond acceptors (Lipinski definition) is 4. The zero-order valence-electron chi connectivity index (χ0n) is 14.5. The van der Waals surface area contributed by atoms with Gasteiger partial charge in [-0.05, 0) is 37.1 Å². The second kappa shape index (κ2) is 6.96. The normalized spacial score (nSPS) is 11.2. The molecule has 0 unspecified atom stereocenters. The first-order valence-corrected chi connectivity index (χ1v) is 8.15. The molecule has 3 aromatic heterocycles. The summed E-state index contributed by atoms with van der Waals surface area (Å²) in [6.07, 6.45) is 2.79. The molecule has 0 saturated carbocycles. The van der Waals surface area contributed by atoms with Crippen LogP contribution in [0.4, 0.5) is 10.2 Å². The van der Waals surface area contributed by atoms with E-state index in [4.69, 9.17) is 0 Å². The number of aromatic nitrogens is 4. The molecule has 0 bridgehead atoms. The van der Waals surface area contributed by atoms with Crippen LogP contribution in [0.3, 0.4) is 0 Å². The Labute approximate surface area is 145 Å². The van der Waals surface area contributed by atoms with E-state index in [1.807, 2.05) is 32.9 Å². The highest BCUT2D eigenvalue weighted by Gasteiger charge is 2.20. The Hall–Kier alpha value is -2.83. The highest BCUT2D eigenvalue weighted by Crippen LogP contribution is 2.17. The average molecular weight is 341 g/mol. The molecule has 6 nitrogen and oxygen atoms in total. The maximum Gasteiger partial charge on any atom is 0.249 e. The van der Waals surface area contributed by atoms with Crippen LogP contribution in [-0.2, 0) is 11.3 Å². The van der Waals surface area contributed by atoms with Crippen LogP contribution in [0.5, 0.6) is 0 Å². The summed E-state index contributed by atoms with van der Waals surface area (Å²) in [4.78, 5) is 22.8. The van der Waals surface area contributed by atoms with E-state index in [-0.39, 0.29) is 18.4 Å². The number of amides is 1. The first-order valence-electron chi connectivity index (χ1n) is 8.15. The van der Waals surface area contributed by atoms with Gasteiger partial charge in [0.05, 0.1) is 11.9 Å². The predicted molar refractivity (Wildman–Crippen MR) is 93.7 cm³/mol. The van der Waals surface area contributed by atoms with Crippen molar-refractivity contribution in [1.29, 1.82) is 0 Å². The van der Waals surface area contributed by atoms with E-state index in [9.17, 15) is 9.18 Å². The molecule has 0 aromatic carbocycles. The first-order chi connectivity index (χ1) is 12.0. The van der Waals surface area contributed by atoms with Gasteiger partial charge in [0.1, 0.15) is 18.2 Å². The lowest BCUT2D eigenvalue weighted by atomic mass is 10.2. The van der Waals surface area contributed by atoms with E-state index in [2.05, 4.69) is 15.1 Å². The number of fused-ring (bicyclic) bond motifs is 1. The van der Waals surface area contributed by atoms with Crippen molar-refractivity contribution >= 4 is 22.8 Å². The van der Waals surface area contributed by atoms with Gasteiger partial charge < -0.3 is 0 Å². The Morgan fingerprint density at radius 1 is 1.28 bits per heavy atom. The van der Waals surface area contributed by atoms with Gasteiger partial charge >= 0.3 is 0 Å². The van der Waals surface area contributed by atoms with Crippen molar-refractivity contribution in [2.75, 3.05) is 11.4 Å². The van der Waals surface area contributed by atoms with Crippen molar-refractivity contribution in [3.05, 3.63) is 48.2 Å². The second-order valence-corrected chi connectivity index (χ2v) is 6.35. The molecule has 0 N–H and O–H groups in total. The molecule has 25 heavy (non-hydrogen) atoms. The number of carbonyl (C=O) groups excluding carboxylic acids is 1. The van der Waals surface area contributed by atoms with Crippen LogP contribution in [-0.4, -0.2) is 32.2 Å². The summed E-state index contributed by atoms with van der Waals surface area (Å²) in [5.74, 6) is 0.0766. The Balaban J connectivity index is 1.90. The van der Waals surface area contributed by atoms with Crippen LogP contribution in [0.1, 0.15) is 19.5 Å². The van der Waals surface area contributed by atoms with Crippen molar-refractivity contribution in [2.24, 2.45) is 5.92 Å². The van der Waals surface area contributed by atoms with Gasteiger partial charge in [0.25, 0.3) is 0 Å². The summed E-state index contributed by atoms with van der Waals surface area (Å²) in [6.45, 7) is 6.45. The molecule has 3 rings (SSSR count). The Morgan fingerprint density at radius 2 is 2.08 bits per heavy atom. The van der Waals surface area contributed by atoms with Crippen molar-refractivity contribution in [3.63, 3.8) is 0 Å². The summed E-state index contributed by atoms with van der Waals surface area (Å²) in [7, 11) is 0. The molecular formula is C18H20FN5O. The van der Waals surface area contributed by atoms with Gasteiger partial charge in [-0.1, -0.05) is 13.8 Å². The first kappa shape index (κ1) is 17.0. The molecule has 7 heteroatoms. The van der Waals surface area contributed by atoms with Crippen LogP contribution < -0.4 is 4.90 Å². The third-order valence-corrected chi connectivity index (χ3v) is 3.81. The Morgan fingerprint density at radius 3 is 2.76 bits per heavy atom. The molecule has 0 aliphatic heterocycles. The van der Waals surface area contributed by atoms with E-state index in [1.165, 1.54) is 12.1 Å². The number of carbonyl (C=O) groups is 1. The maximum absolute atomic E-state index is 13.1. The molecule has 3 heterocycles. The zero-order chi connectivity index (χ0) is 18.0. The summed E-state index contributed by atoms with van der Waals surface area (Å²) in [5, 5.41) is 5.35. The van der Waals surface area contributed by atoms with Crippen molar-refractivity contribution in [3.8, 4) is 0 Å². The highest BCUT2D eigenvalue weighted by atomic mass is 19.1. The van der Waals surface area contributed by atoms with Crippen LogP contribution in [0.25, 0.3) is 11.0 Å². The Kier molecular flexibility index (Phi) is 4.74. The number of aryl methyl sites for hydroxylation is 1. The lowest BCUT2D eigenvalue weighted by Crippen LogP contribution is -2.37. The molecule has 130 valence electrons. The predicted octanol–water partition coefficient (Wildman–Crippen LogP) is 2.96. The van der Waals surface area contributed by atoms with Crippen LogP contribution in [0.15, 0.2) is 36.7 Å². The number of halogens is 1. The monoisotopic (exact) mass is 341 g/mol. The zero-order valence-corrected chi connectivity index (χ0v) is 14.5. The number of rotatable bonds is 5. The second-order valence-electron chi connectivity index (χ2n) is 6.35. The number of pyridine rings is 2. The van der Waals surface area contributed by atoms with E-state index in [0.717, 1.165) is 17.3 Å². The lowest BCUT2D eigenvalue weighted by Gasteiger charge is -2.23. The summed E-state index contributed by atoms with van der Waals surface area (Å²) >= 11 is 0. The third-order valence-electron chi connectivity index (χ3n) is 3.81. The quantitative estimate of drug-likeness (QED) is 0.716. The van der Waals surface area contributed by atoms with Gasteiger partial charge in [-0.15, -0.1) is 0 Å². The minimum absolute atomic E-state index is 0.0487. The molecule has 0 aliphatic rings. The molecule has 1 amide bonds. The molecule has 0 atom stereocenters. The highest BCUT2D eigenvalue weighted by molar-refractivity contribution is 5.93. The summed E-state index contributed by atoms with van der Waals surface area (Å²) in [5.41, 5.74) is 1.50. The van der Waals surface area contributed by atoms with Crippen LogP contribution in [0, 0.1) is 18.7 Å². The summed E-state index contributed by atoms with van der Waals surface area (Å²) in [6, 6.07) is 6.59. The molecule has 0 radical (unpaired) electrons. The van der Waals surface area contributed by atoms with E-state index >= 15 is 0 Å². The fourth-order valence-corrected chi connectivity index (χ4v) is 2.71. The molecule has 0 aliphatic carbocycles. The van der Waals surface area contributed by atoms with Crippen molar-refractivity contribution in [2.45, 2.75) is 27.3 Å². The van der Waals surface area contributed by atoms with E-state index < -0.39 is 5.82 Å². The average Bonchev–Trinajstić information content (AvgIpc) is 2.90. The summed E-state index contributed by atoms with van der Waals surface area (Å²) < 4.78 is 14.8. The minimum atomic E-state index is -0.432. The number of nitrogens with zero attached hydrogens (tertiary/aromatic N) is 5. The molecule has 0 fully saturated rings. The largest absolute Gasteiger partial charge is 0.295 e. The van der Waals surface area contributed by atoms with Gasteiger partial charge in [0.2, 0.25) is 5.91 Å². The molecule has 3 aromatic rings. The Bertz CT molecular complexity index is 888. The topological polar surface area (TPSA) is 63.9 Å². The van der Waals surface area contributed by atoms with Crippen molar-refractivity contribution < 1.29 is 9.18 Å². The smallest absolute Gasteiger partial charge is 0.249 e.